The van der Waals surface area contributed by atoms with Gasteiger partial charge in [-0.05, 0) is 18.8 Å². The van der Waals surface area contributed by atoms with Crippen LogP contribution in [0, 0.1) is 5.92 Å². The molecule has 18 heavy (non-hydrogen) atoms. The standard InChI is InChI=1S/C13H24N2O3/c1-3-9(2)11(12(16)17)15-13(18)14-10-7-5-4-6-8-10/h9-11H,3-8H2,1-2H3,(H,16,17)(H2,14,15,18)/t9-,11-/m0/s1. The molecule has 1 rings (SSSR count). The quantitative estimate of drug-likeness (QED) is 0.705. The molecule has 2 atom stereocenters. The lowest BCUT2D eigenvalue weighted by molar-refractivity contribution is -0.140. The van der Waals surface area contributed by atoms with Crippen molar-refractivity contribution in [2.75, 3.05) is 0 Å². The van der Waals surface area contributed by atoms with Crippen molar-refractivity contribution in [3.05, 3.63) is 0 Å². The Morgan fingerprint density at radius 3 is 2.39 bits per heavy atom. The highest BCUT2D eigenvalue weighted by atomic mass is 16.4. The predicted octanol–water partition coefficient (Wildman–Crippen LogP) is 2.12. The van der Waals surface area contributed by atoms with Crippen molar-refractivity contribution in [2.45, 2.75) is 64.5 Å². The number of amides is 2. The minimum atomic E-state index is -0.969. The summed E-state index contributed by atoms with van der Waals surface area (Å²) < 4.78 is 0. The SMILES string of the molecule is CC[C@H](C)[C@H](NC(=O)NC1CCCCC1)C(=O)O. The lowest BCUT2D eigenvalue weighted by Gasteiger charge is -2.25. The third kappa shape index (κ3) is 4.55. The summed E-state index contributed by atoms with van der Waals surface area (Å²) in [5.41, 5.74) is 0. The summed E-state index contributed by atoms with van der Waals surface area (Å²) in [5.74, 6) is -1.04. The van der Waals surface area contributed by atoms with Crippen molar-refractivity contribution in [3.8, 4) is 0 Å². The monoisotopic (exact) mass is 256 g/mol. The van der Waals surface area contributed by atoms with Gasteiger partial charge in [-0.15, -0.1) is 0 Å². The minimum absolute atomic E-state index is 0.0698. The number of carbonyl (C=O) groups excluding carboxylic acids is 1. The molecule has 1 saturated carbocycles. The molecule has 0 radical (unpaired) electrons. The van der Waals surface area contributed by atoms with Gasteiger partial charge in [0.2, 0.25) is 0 Å². The molecule has 5 nitrogen and oxygen atoms in total. The summed E-state index contributed by atoms with van der Waals surface area (Å²) in [5, 5.41) is 14.5. The summed E-state index contributed by atoms with van der Waals surface area (Å²) in [6.07, 6.45) is 6.21. The molecule has 5 heteroatoms. The number of hydrogen-bond donors (Lipinski definition) is 3. The van der Waals surface area contributed by atoms with Gasteiger partial charge in [-0.1, -0.05) is 39.5 Å². The van der Waals surface area contributed by atoms with E-state index in [4.69, 9.17) is 5.11 Å². The highest BCUT2D eigenvalue weighted by Gasteiger charge is 2.26. The van der Waals surface area contributed by atoms with Crippen LogP contribution in [0.2, 0.25) is 0 Å². The maximum absolute atomic E-state index is 11.8. The van der Waals surface area contributed by atoms with Gasteiger partial charge in [0.05, 0.1) is 0 Å². The van der Waals surface area contributed by atoms with Gasteiger partial charge in [-0.3, -0.25) is 0 Å². The van der Waals surface area contributed by atoms with Crippen LogP contribution in [0.1, 0.15) is 52.4 Å². The molecule has 0 unspecified atom stereocenters. The van der Waals surface area contributed by atoms with E-state index >= 15 is 0 Å². The molecule has 0 saturated heterocycles. The van der Waals surface area contributed by atoms with Crippen molar-refractivity contribution in [1.29, 1.82) is 0 Å². The molecule has 104 valence electrons. The summed E-state index contributed by atoms with van der Waals surface area (Å²) in [7, 11) is 0. The fourth-order valence-electron chi connectivity index (χ4n) is 2.30. The largest absolute Gasteiger partial charge is 0.480 e. The van der Waals surface area contributed by atoms with E-state index in [1.54, 1.807) is 0 Å². The van der Waals surface area contributed by atoms with Gasteiger partial charge in [0.25, 0.3) is 0 Å². The zero-order chi connectivity index (χ0) is 13.5. The first kappa shape index (κ1) is 14.8. The third-order valence-corrected chi connectivity index (χ3v) is 3.71. The normalized spacial score (nSPS) is 19.9. The van der Waals surface area contributed by atoms with Crippen LogP contribution < -0.4 is 10.6 Å². The average Bonchev–Trinajstić information content (AvgIpc) is 2.36. The highest BCUT2D eigenvalue weighted by molar-refractivity contribution is 5.82. The van der Waals surface area contributed by atoms with Crippen LogP contribution >= 0.6 is 0 Å². The first-order chi connectivity index (χ1) is 8.54. The Hall–Kier alpha value is -1.26. The molecule has 0 aromatic rings. The van der Waals surface area contributed by atoms with Crippen molar-refractivity contribution in [3.63, 3.8) is 0 Å². The molecule has 1 aliphatic rings. The number of nitrogens with one attached hydrogen (secondary N) is 2. The topological polar surface area (TPSA) is 78.4 Å². The molecule has 0 heterocycles. The van der Waals surface area contributed by atoms with Crippen molar-refractivity contribution in [2.24, 2.45) is 5.92 Å². The van der Waals surface area contributed by atoms with Crippen LogP contribution in [0.4, 0.5) is 4.79 Å². The van der Waals surface area contributed by atoms with Crippen molar-refractivity contribution in [1.82, 2.24) is 10.6 Å². The Bertz CT molecular complexity index is 288. The highest BCUT2D eigenvalue weighted by Crippen LogP contribution is 2.17. The van der Waals surface area contributed by atoms with E-state index in [9.17, 15) is 9.59 Å². The van der Waals surface area contributed by atoms with Crippen LogP contribution in [0.25, 0.3) is 0 Å². The van der Waals surface area contributed by atoms with E-state index in [2.05, 4.69) is 10.6 Å². The van der Waals surface area contributed by atoms with E-state index in [0.717, 1.165) is 32.1 Å². The second kappa shape index (κ2) is 7.24. The minimum Gasteiger partial charge on any atom is -0.480 e. The molecule has 0 aromatic heterocycles. The fraction of sp³-hybridized carbons (Fsp3) is 0.846. The van der Waals surface area contributed by atoms with Crippen LogP contribution in [-0.2, 0) is 4.79 Å². The number of hydrogen-bond acceptors (Lipinski definition) is 2. The summed E-state index contributed by atoms with van der Waals surface area (Å²) in [4.78, 5) is 22.8. The molecule has 0 aliphatic heterocycles. The van der Waals surface area contributed by atoms with E-state index in [1.807, 2.05) is 13.8 Å². The maximum atomic E-state index is 11.8. The average molecular weight is 256 g/mol. The molecule has 1 aliphatic carbocycles. The van der Waals surface area contributed by atoms with E-state index in [1.165, 1.54) is 6.42 Å². The van der Waals surface area contributed by atoms with E-state index in [0.29, 0.717) is 0 Å². The van der Waals surface area contributed by atoms with Gasteiger partial charge in [0.15, 0.2) is 0 Å². The molecule has 0 spiro atoms. The second-order valence-electron chi connectivity index (χ2n) is 5.15. The summed E-state index contributed by atoms with van der Waals surface area (Å²) >= 11 is 0. The fourth-order valence-corrected chi connectivity index (χ4v) is 2.30. The second-order valence-corrected chi connectivity index (χ2v) is 5.15. The Morgan fingerprint density at radius 1 is 1.28 bits per heavy atom. The Labute approximate surface area is 108 Å². The smallest absolute Gasteiger partial charge is 0.326 e. The molecule has 0 bridgehead atoms. The van der Waals surface area contributed by atoms with Gasteiger partial charge in [0, 0.05) is 6.04 Å². The summed E-state index contributed by atoms with van der Waals surface area (Å²) in [6.45, 7) is 3.75. The number of aliphatic carboxylic acids is 1. The molecule has 3 N–H and O–H groups in total. The Kier molecular flexibility index (Phi) is 5.95. The predicted molar refractivity (Wildman–Crippen MR) is 69.4 cm³/mol. The number of rotatable bonds is 5. The number of urea groups is 1. The number of carboxylic acids is 1. The lowest BCUT2D eigenvalue weighted by Crippen LogP contribution is -2.51. The third-order valence-electron chi connectivity index (χ3n) is 3.71. The van der Waals surface area contributed by atoms with Gasteiger partial charge in [-0.2, -0.15) is 0 Å². The molecule has 0 aromatic carbocycles. The van der Waals surface area contributed by atoms with Crippen LogP contribution in [-0.4, -0.2) is 29.2 Å². The lowest BCUT2D eigenvalue weighted by atomic mass is 9.95. The van der Waals surface area contributed by atoms with E-state index in [-0.39, 0.29) is 18.0 Å². The zero-order valence-electron chi connectivity index (χ0n) is 11.2. The summed E-state index contributed by atoms with van der Waals surface area (Å²) in [6, 6.07) is -0.960. The van der Waals surface area contributed by atoms with Gasteiger partial charge in [-0.25, -0.2) is 9.59 Å². The van der Waals surface area contributed by atoms with Gasteiger partial charge in [0.1, 0.15) is 6.04 Å². The van der Waals surface area contributed by atoms with Gasteiger partial charge < -0.3 is 15.7 Å². The van der Waals surface area contributed by atoms with Crippen LogP contribution in [0.15, 0.2) is 0 Å². The zero-order valence-corrected chi connectivity index (χ0v) is 11.2. The van der Waals surface area contributed by atoms with E-state index < -0.39 is 12.0 Å². The molecule has 2 amide bonds. The van der Waals surface area contributed by atoms with Crippen molar-refractivity contribution >= 4 is 12.0 Å². The first-order valence-electron chi connectivity index (χ1n) is 6.84. The van der Waals surface area contributed by atoms with Gasteiger partial charge >= 0.3 is 12.0 Å². The molecular formula is C13H24N2O3. The Balaban J connectivity index is 2.42. The number of carbonyl (C=O) groups is 2. The van der Waals surface area contributed by atoms with Crippen molar-refractivity contribution < 1.29 is 14.7 Å². The first-order valence-corrected chi connectivity index (χ1v) is 6.84. The molecule has 1 fully saturated rings. The number of carboxylic acid groups (broad SMARTS) is 1. The maximum Gasteiger partial charge on any atom is 0.326 e. The Morgan fingerprint density at radius 2 is 1.89 bits per heavy atom. The van der Waals surface area contributed by atoms with Crippen LogP contribution in [0.3, 0.4) is 0 Å². The molecular weight excluding hydrogens is 232 g/mol. The van der Waals surface area contributed by atoms with Crippen LogP contribution in [0.5, 0.6) is 0 Å².